The molecule has 1 aromatic heterocycles. The minimum Gasteiger partial charge on any atom is -0.481 e. The van der Waals surface area contributed by atoms with Crippen LogP contribution in [0, 0.1) is 31.1 Å². The van der Waals surface area contributed by atoms with Crippen molar-refractivity contribution in [3.63, 3.8) is 0 Å². The first-order valence-corrected chi connectivity index (χ1v) is 7.40. The first-order chi connectivity index (χ1) is 10.8. The van der Waals surface area contributed by atoms with Crippen molar-refractivity contribution in [1.82, 2.24) is 15.1 Å². The lowest BCUT2D eigenvalue weighted by Crippen LogP contribution is -2.40. The quantitative estimate of drug-likeness (QED) is 0.874. The fraction of sp³-hybridized carbons (Fsp3) is 0.667. The summed E-state index contributed by atoms with van der Waals surface area (Å²) < 4.78 is 41.8. The number of nitrogens with zero attached hydrogens (tertiary/aromatic N) is 2. The first-order valence-electron chi connectivity index (χ1n) is 7.40. The Kier molecular flexibility index (Phi) is 4.18. The predicted molar refractivity (Wildman–Crippen MR) is 78.0 cm³/mol. The van der Waals surface area contributed by atoms with Gasteiger partial charge in [-0.2, -0.15) is 18.3 Å². The van der Waals surface area contributed by atoms with E-state index in [1.165, 1.54) is 25.6 Å². The molecule has 9 heteroatoms. The van der Waals surface area contributed by atoms with Gasteiger partial charge in [-0.05, 0) is 19.3 Å². The van der Waals surface area contributed by atoms with Gasteiger partial charge in [0.25, 0.3) is 0 Å². The number of rotatable bonds is 4. The Labute approximate surface area is 137 Å². The van der Waals surface area contributed by atoms with E-state index in [9.17, 15) is 22.8 Å². The molecule has 1 amide bonds. The lowest BCUT2D eigenvalue weighted by Gasteiger charge is -2.23. The molecule has 1 unspecified atom stereocenters. The van der Waals surface area contributed by atoms with Crippen molar-refractivity contribution in [3.05, 3.63) is 17.0 Å². The van der Waals surface area contributed by atoms with Crippen LogP contribution in [0.3, 0.4) is 0 Å². The largest absolute Gasteiger partial charge is 0.481 e. The van der Waals surface area contributed by atoms with Crippen LogP contribution >= 0.6 is 0 Å². The van der Waals surface area contributed by atoms with E-state index in [1.807, 2.05) is 5.32 Å². The van der Waals surface area contributed by atoms with E-state index in [0.717, 1.165) is 0 Å². The second kappa shape index (κ2) is 5.49. The number of nitrogens with one attached hydrogen (secondary N) is 1. The summed E-state index contributed by atoms with van der Waals surface area (Å²) in [7, 11) is 1.52. The molecule has 2 rings (SSSR count). The highest BCUT2D eigenvalue weighted by atomic mass is 19.4. The molecule has 0 saturated heterocycles. The molecular weight excluding hydrogens is 327 g/mol. The standard InChI is InChI=1S/C15H20F3N3O3/c1-6-8(7(2)21(5)20-6)11(15(16,17)18)19-12(22)9-10(13(23)24)14(9,3)4/h9-11H,1-5H3,(H,19,22)(H,23,24)/t9-,10+,11?/m0/s1. The molecule has 1 saturated carbocycles. The van der Waals surface area contributed by atoms with Gasteiger partial charge in [0.05, 0.1) is 17.5 Å². The summed E-state index contributed by atoms with van der Waals surface area (Å²) in [6, 6.07) is -2.22. The van der Waals surface area contributed by atoms with Crippen molar-refractivity contribution < 1.29 is 27.9 Å². The van der Waals surface area contributed by atoms with Gasteiger partial charge in [0.2, 0.25) is 5.91 Å². The summed E-state index contributed by atoms with van der Waals surface area (Å²) >= 11 is 0. The zero-order valence-corrected chi connectivity index (χ0v) is 14.0. The Balaban J connectivity index is 2.32. The Morgan fingerprint density at radius 2 is 1.83 bits per heavy atom. The van der Waals surface area contributed by atoms with Crippen LogP contribution in [0.15, 0.2) is 0 Å². The van der Waals surface area contributed by atoms with Gasteiger partial charge in [-0.15, -0.1) is 0 Å². The van der Waals surface area contributed by atoms with Crippen molar-refractivity contribution in [2.75, 3.05) is 0 Å². The topological polar surface area (TPSA) is 84.2 Å². The predicted octanol–water partition coefficient (Wildman–Crippen LogP) is 2.11. The lowest BCUT2D eigenvalue weighted by molar-refractivity contribution is -0.164. The number of amides is 1. The number of alkyl halides is 3. The summed E-state index contributed by atoms with van der Waals surface area (Å²) in [6.45, 7) is 6.04. The molecule has 0 aliphatic heterocycles. The van der Waals surface area contributed by atoms with Gasteiger partial charge in [0.1, 0.15) is 0 Å². The number of halogens is 3. The molecule has 24 heavy (non-hydrogen) atoms. The average molecular weight is 347 g/mol. The maximum absolute atomic E-state index is 13.5. The second-order valence-corrected chi connectivity index (χ2v) is 6.81. The minimum atomic E-state index is -4.72. The van der Waals surface area contributed by atoms with Crippen LogP contribution < -0.4 is 5.32 Å². The first kappa shape index (κ1) is 18.3. The van der Waals surface area contributed by atoms with Crippen molar-refractivity contribution in [2.24, 2.45) is 24.3 Å². The fourth-order valence-electron chi connectivity index (χ4n) is 3.35. The number of carbonyl (C=O) groups excluding carboxylic acids is 1. The maximum Gasteiger partial charge on any atom is 0.413 e. The molecule has 2 N–H and O–H groups in total. The van der Waals surface area contributed by atoms with Crippen LogP contribution in [-0.4, -0.2) is 32.9 Å². The summed E-state index contributed by atoms with van der Waals surface area (Å²) in [5.74, 6) is -4.06. The number of aryl methyl sites for hydroxylation is 2. The van der Waals surface area contributed by atoms with Crippen molar-refractivity contribution in [2.45, 2.75) is 39.9 Å². The van der Waals surface area contributed by atoms with E-state index in [2.05, 4.69) is 5.10 Å². The third-order valence-electron chi connectivity index (χ3n) is 4.84. The third kappa shape index (κ3) is 2.87. The van der Waals surface area contributed by atoms with Crippen molar-refractivity contribution in [1.29, 1.82) is 0 Å². The van der Waals surface area contributed by atoms with E-state index in [0.29, 0.717) is 5.69 Å². The van der Waals surface area contributed by atoms with E-state index in [-0.39, 0.29) is 11.3 Å². The molecule has 6 nitrogen and oxygen atoms in total. The number of carboxylic acids is 1. The zero-order valence-electron chi connectivity index (χ0n) is 14.0. The second-order valence-electron chi connectivity index (χ2n) is 6.81. The highest BCUT2D eigenvalue weighted by Crippen LogP contribution is 2.58. The van der Waals surface area contributed by atoms with Gasteiger partial charge in [0, 0.05) is 18.3 Å². The molecule has 1 aliphatic rings. The number of carboxylic acid groups (broad SMARTS) is 1. The van der Waals surface area contributed by atoms with Gasteiger partial charge in [0.15, 0.2) is 6.04 Å². The molecular formula is C15H20F3N3O3. The fourth-order valence-corrected chi connectivity index (χ4v) is 3.35. The van der Waals surface area contributed by atoms with E-state index >= 15 is 0 Å². The van der Waals surface area contributed by atoms with E-state index in [4.69, 9.17) is 5.11 Å². The number of aromatic nitrogens is 2. The molecule has 1 aliphatic carbocycles. The summed E-state index contributed by atoms with van der Waals surface area (Å²) in [5, 5.41) is 15.0. The van der Waals surface area contributed by atoms with Crippen LogP contribution in [0.1, 0.15) is 36.8 Å². The number of carbonyl (C=O) groups is 2. The lowest BCUT2D eigenvalue weighted by atomic mass is 10.0. The molecule has 0 radical (unpaired) electrons. The number of hydrogen-bond donors (Lipinski definition) is 2. The average Bonchev–Trinajstić information content (AvgIpc) is 2.90. The highest BCUT2D eigenvalue weighted by molar-refractivity contribution is 5.91. The molecule has 0 bridgehead atoms. The Morgan fingerprint density at radius 3 is 2.17 bits per heavy atom. The van der Waals surface area contributed by atoms with Crippen LogP contribution in [0.2, 0.25) is 0 Å². The minimum absolute atomic E-state index is 0.108. The van der Waals surface area contributed by atoms with Crippen LogP contribution in [0.25, 0.3) is 0 Å². The van der Waals surface area contributed by atoms with E-state index < -0.39 is 41.3 Å². The zero-order chi connectivity index (χ0) is 18.6. The molecule has 134 valence electrons. The molecule has 3 atom stereocenters. The molecule has 0 spiro atoms. The molecule has 1 aromatic rings. The Bertz CT molecular complexity index is 694. The molecule has 0 aromatic carbocycles. The van der Waals surface area contributed by atoms with Crippen LogP contribution in [0.5, 0.6) is 0 Å². The van der Waals surface area contributed by atoms with Crippen molar-refractivity contribution >= 4 is 11.9 Å². The maximum atomic E-state index is 13.5. The van der Waals surface area contributed by atoms with Gasteiger partial charge >= 0.3 is 12.1 Å². The summed E-state index contributed by atoms with van der Waals surface area (Å²) in [5.41, 5.74) is -0.517. The summed E-state index contributed by atoms with van der Waals surface area (Å²) in [6.07, 6.45) is -4.72. The smallest absolute Gasteiger partial charge is 0.413 e. The summed E-state index contributed by atoms with van der Waals surface area (Å²) in [4.78, 5) is 23.4. The van der Waals surface area contributed by atoms with Crippen LogP contribution in [-0.2, 0) is 16.6 Å². The van der Waals surface area contributed by atoms with Gasteiger partial charge in [-0.1, -0.05) is 13.8 Å². The Morgan fingerprint density at radius 1 is 1.29 bits per heavy atom. The number of aliphatic carboxylic acids is 1. The number of hydrogen-bond acceptors (Lipinski definition) is 3. The monoisotopic (exact) mass is 347 g/mol. The molecule has 1 fully saturated rings. The van der Waals surface area contributed by atoms with Crippen LogP contribution in [0.4, 0.5) is 13.2 Å². The normalized spacial score (nSPS) is 23.7. The third-order valence-corrected chi connectivity index (χ3v) is 4.84. The SMILES string of the molecule is Cc1nn(C)c(C)c1C(NC(=O)[C@@H]1[C@H](C(=O)O)C1(C)C)C(F)(F)F. The molecule has 1 heterocycles. The van der Waals surface area contributed by atoms with Gasteiger partial charge in [-0.25, -0.2) is 0 Å². The van der Waals surface area contributed by atoms with Gasteiger partial charge < -0.3 is 10.4 Å². The highest BCUT2D eigenvalue weighted by Gasteiger charge is 2.66. The van der Waals surface area contributed by atoms with Crippen molar-refractivity contribution in [3.8, 4) is 0 Å². The van der Waals surface area contributed by atoms with E-state index in [1.54, 1.807) is 13.8 Å². The Hall–Kier alpha value is -2.06. The van der Waals surface area contributed by atoms with Gasteiger partial charge in [-0.3, -0.25) is 14.3 Å².